The van der Waals surface area contributed by atoms with Gasteiger partial charge in [0.05, 0.1) is 6.04 Å². The number of carbonyl (C=O) groups is 3. The normalized spacial score (nSPS) is 27.7. The molecule has 1 aliphatic heterocycles. The smallest absolute Gasteiger partial charge is 0.322 e. The quantitative estimate of drug-likeness (QED) is 0.630. The minimum Gasteiger partial charge on any atom is -0.349 e. The molecule has 1 heterocycles. The standard InChI is InChI=1S/C20H22ClF2N3O3/c21-14-6-11(5-12(7-14)16(22)23)15(10-3-1-2-4-10)24-17(27)13-8-20(9-13)18(28)25-19(29)26-20/h5-7,10,13,15-16H,1-4,8-9H2,(H,24,27)(H2,25,26,28,29)/t13?,15-,20?/m1/s1. The third-order valence-corrected chi connectivity index (χ3v) is 6.52. The van der Waals surface area contributed by atoms with Crippen LogP contribution in [0, 0.1) is 11.8 Å². The molecule has 29 heavy (non-hydrogen) atoms. The molecule has 1 spiro atoms. The van der Waals surface area contributed by atoms with Crippen molar-refractivity contribution in [2.24, 2.45) is 11.8 Å². The maximum atomic E-state index is 13.2. The molecule has 156 valence electrons. The molecule has 3 fully saturated rings. The molecule has 0 aromatic heterocycles. The number of carbonyl (C=O) groups excluding carboxylic acids is 3. The Labute approximate surface area is 171 Å². The van der Waals surface area contributed by atoms with Gasteiger partial charge in [-0.15, -0.1) is 0 Å². The van der Waals surface area contributed by atoms with E-state index in [2.05, 4.69) is 16.0 Å². The third kappa shape index (κ3) is 3.82. The summed E-state index contributed by atoms with van der Waals surface area (Å²) in [5, 5.41) is 8.01. The van der Waals surface area contributed by atoms with Crippen molar-refractivity contribution in [1.29, 1.82) is 0 Å². The maximum absolute atomic E-state index is 13.2. The molecule has 0 bridgehead atoms. The monoisotopic (exact) mass is 425 g/mol. The van der Waals surface area contributed by atoms with Gasteiger partial charge in [-0.3, -0.25) is 14.9 Å². The number of urea groups is 1. The summed E-state index contributed by atoms with van der Waals surface area (Å²) in [5.74, 6) is -0.918. The van der Waals surface area contributed by atoms with E-state index < -0.39 is 35.9 Å². The third-order valence-electron chi connectivity index (χ3n) is 6.30. The fourth-order valence-electron chi connectivity index (χ4n) is 4.76. The minimum absolute atomic E-state index is 0.145. The number of hydrogen-bond donors (Lipinski definition) is 3. The van der Waals surface area contributed by atoms with Gasteiger partial charge in [0.2, 0.25) is 5.91 Å². The second-order valence-corrected chi connectivity index (χ2v) is 8.68. The highest BCUT2D eigenvalue weighted by Crippen LogP contribution is 2.42. The van der Waals surface area contributed by atoms with Gasteiger partial charge in [0.25, 0.3) is 12.3 Å². The van der Waals surface area contributed by atoms with E-state index >= 15 is 0 Å². The number of alkyl halides is 2. The molecule has 0 radical (unpaired) electrons. The lowest BCUT2D eigenvalue weighted by atomic mass is 9.67. The summed E-state index contributed by atoms with van der Waals surface area (Å²) in [7, 11) is 0. The largest absolute Gasteiger partial charge is 0.349 e. The first kappa shape index (κ1) is 20.1. The summed E-state index contributed by atoms with van der Waals surface area (Å²) in [5.41, 5.74) is -0.590. The van der Waals surface area contributed by atoms with Crippen LogP contribution in [0.5, 0.6) is 0 Å². The molecule has 2 aliphatic carbocycles. The first-order valence-corrected chi connectivity index (χ1v) is 10.2. The van der Waals surface area contributed by atoms with E-state index in [4.69, 9.17) is 11.6 Å². The van der Waals surface area contributed by atoms with Crippen molar-refractivity contribution in [2.75, 3.05) is 0 Å². The number of nitrogens with one attached hydrogen (secondary N) is 3. The van der Waals surface area contributed by atoms with Crippen molar-refractivity contribution in [3.8, 4) is 0 Å². The number of rotatable bonds is 5. The van der Waals surface area contributed by atoms with Gasteiger partial charge >= 0.3 is 6.03 Å². The van der Waals surface area contributed by atoms with Crippen molar-refractivity contribution in [1.82, 2.24) is 16.0 Å². The number of halogens is 3. The zero-order chi connectivity index (χ0) is 20.8. The zero-order valence-electron chi connectivity index (χ0n) is 15.6. The van der Waals surface area contributed by atoms with Crippen molar-refractivity contribution >= 4 is 29.4 Å². The van der Waals surface area contributed by atoms with Crippen LogP contribution in [0.4, 0.5) is 13.6 Å². The van der Waals surface area contributed by atoms with Gasteiger partial charge in [0.1, 0.15) is 5.54 Å². The SMILES string of the molecule is O=C1NC(=O)C2(CC(C(=O)N[C@@H](c3cc(Cl)cc(C(F)F)c3)C3CCCC3)C2)N1. The highest BCUT2D eigenvalue weighted by Gasteiger charge is 2.57. The van der Waals surface area contributed by atoms with Crippen LogP contribution in [0.1, 0.15) is 62.1 Å². The first-order valence-electron chi connectivity index (χ1n) is 9.80. The lowest BCUT2D eigenvalue weighted by molar-refractivity contribution is -0.137. The van der Waals surface area contributed by atoms with E-state index in [1.54, 1.807) is 6.07 Å². The molecule has 1 atom stereocenters. The fraction of sp³-hybridized carbons (Fsp3) is 0.550. The first-order chi connectivity index (χ1) is 13.8. The Morgan fingerprint density at radius 1 is 1.14 bits per heavy atom. The Morgan fingerprint density at radius 2 is 1.79 bits per heavy atom. The molecule has 6 nitrogen and oxygen atoms in total. The Morgan fingerprint density at radius 3 is 2.38 bits per heavy atom. The van der Waals surface area contributed by atoms with Crippen LogP contribution >= 0.6 is 11.6 Å². The molecular weight excluding hydrogens is 404 g/mol. The van der Waals surface area contributed by atoms with Crippen molar-refractivity contribution in [3.05, 3.63) is 34.3 Å². The van der Waals surface area contributed by atoms with Crippen molar-refractivity contribution in [2.45, 2.75) is 56.5 Å². The Kier molecular flexibility index (Phi) is 5.23. The minimum atomic E-state index is -2.65. The molecule has 2 saturated carbocycles. The van der Waals surface area contributed by atoms with Crippen molar-refractivity contribution < 1.29 is 23.2 Å². The van der Waals surface area contributed by atoms with Crippen LogP contribution in [-0.2, 0) is 9.59 Å². The van der Waals surface area contributed by atoms with Crippen LogP contribution in [0.3, 0.4) is 0 Å². The van der Waals surface area contributed by atoms with Crippen LogP contribution in [0.25, 0.3) is 0 Å². The highest BCUT2D eigenvalue weighted by atomic mass is 35.5. The summed E-state index contributed by atoms with van der Waals surface area (Å²) < 4.78 is 26.5. The second-order valence-electron chi connectivity index (χ2n) is 8.24. The molecule has 1 aromatic carbocycles. The molecule has 3 N–H and O–H groups in total. The van der Waals surface area contributed by atoms with E-state index in [0.717, 1.165) is 25.7 Å². The molecule has 0 unspecified atom stereocenters. The van der Waals surface area contributed by atoms with E-state index in [9.17, 15) is 23.2 Å². The van der Waals surface area contributed by atoms with Crippen LogP contribution < -0.4 is 16.0 Å². The summed E-state index contributed by atoms with van der Waals surface area (Å²) in [4.78, 5) is 36.2. The Balaban J connectivity index is 1.51. The lowest BCUT2D eigenvalue weighted by Gasteiger charge is -2.42. The summed E-state index contributed by atoms with van der Waals surface area (Å²) in [6, 6.07) is 3.32. The Hall–Kier alpha value is -2.22. The zero-order valence-corrected chi connectivity index (χ0v) is 16.4. The van der Waals surface area contributed by atoms with Crippen LogP contribution in [0.15, 0.2) is 18.2 Å². The fourth-order valence-corrected chi connectivity index (χ4v) is 5.01. The van der Waals surface area contributed by atoms with Crippen molar-refractivity contribution in [3.63, 3.8) is 0 Å². The van der Waals surface area contributed by atoms with Gasteiger partial charge in [-0.1, -0.05) is 24.4 Å². The van der Waals surface area contributed by atoms with Gasteiger partial charge in [0.15, 0.2) is 0 Å². The number of hydrogen-bond acceptors (Lipinski definition) is 3. The van der Waals surface area contributed by atoms with E-state index in [-0.39, 0.29) is 35.3 Å². The molecule has 4 rings (SSSR count). The second kappa shape index (κ2) is 7.55. The predicted octanol–water partition coefficient (Wildman–Crippen LogP) is 3.61. The lowest BCUT2D eigenvalue weighted by Crippen LogP contribution is -2.60. The number of benzene rings is 1. The Bertz CT molecular complexity index is 851. The summed E-state index contributed by atoms with van der Waals surface area (Å²) >= 11 is 6.06. The number of imide groups is 1. The topological polar surface area (TPSA) is 87.3 Å². The van der Waals surface area contributed by atoms with Gasteiger partial charge in [0, 0.05) is 16.5 Å². The predicted molar refractivity (Wildman–Crippen MR) is 101 cm³/mol. The molecule has 3 aliphatic rings. The average molecular weight is 426 g/mol. The summed E-state index contributed by atoms with van der Waals surface area (Å²) in [6.45, 7) is 0. The number of amides is 4. The van der Waals surface area contributed by atoms with Gasteiger partial charge < -0.3 is 10.6 Å². The molecule has 1 saturated heterocycles. The van der Waals surface area contributed by atoms with E-state index in [1.165, 1.54) is 12.1 Å². The molecule has 4 amide bonds. The summed E-state index contributed by atoms with van der Waals surface area (Å²) in [6.07, 6.45) is 1.65. The molecule has 9 heteroatoms. The average Bonchev–Trinajstić information content (AvgIpc) is 3.25. The highest BCUT2D eigenvalue weighted by molar-refractivity contribution is 6.30. The molecule has 1 aromatic rings. The van der Waals surface area contributed by atoms with Gasteiger partial charge in [-0.05, 0) is 55.4 Å². The van der Waals surface area contributed by atoms with Gasteiger partial charge in [-0.2, -0.15) is 0 Å². The van der Waals surface area contributed by atoms with E-state index in [0.29, 0.717) is 5.56 Å². The van der Waals surface area contributed by atoms with Gasteiger partial charge in [-0.25, -0.2) is 13.6 Å². The maximum Gasteiger partial charge on any atom is 0.322 e. The van der Waals surface area contributed by atoms with E-state index in [1.807, 2.05) is 0 Å². The van der Waals surface area contributed by atoms with Crippen LogP contribution in [-0.4, -0.2) is 23.4 Å². The molecular formula is C20H22ClF2N3O3. The van der Waals surface area contributed by atoms with Crippen LogP contribution in [0.2, 0.25) is 5.02 Å².